The van der Waals surface area contributed by atoms with Gasteiger partial charge in [0, 0.05) is 36.8 Å². The molecule has 26 heavy (non-hydrogen) atoms. The van der Waals surface area contributed by atoms with E-state index in [4.69, 9.17) is 4.98 Å². The average molecular weight is 364 g/mol. The highest BCUT2D eigenvalue weighted by atomic mass is 32.1. The molecule has 3 nitrogen and oxygen atoms in total. The quantitative estimate of drug-likeness (QED) is 0.632. The van der Waals surface area contributed by atoms with Crippen molar-refractivity contribution in [2.75, 3.05) is 29.9 Å². The van der Waals surface area contributed by atoms with Gasteiger partial charge in [-0.2, -0.15) is 0 Å². The maximum absolute atomic E-state index is 4.70. The van der Waals surface area contributed by atoms with Crippen LogP contribution in [0.4, 0.5) is 11.4 Å². The van der Waals surface area contributed by atoms with Gasteiger partial charge in [0.05, 0.1) is 17.9 Å². The van der Waals surface area contributed by atoms with E-state index in [9.17, 15) is 0 Å². The normalized spacial score (nSPS) is 14.3. The average Bonchev–Trinajstić information content (AvgIpc) is 3.05. The van der Waals surface area contributed by atoms with Gasteiger partial charge in [0.15, 0.2) is 0 Å². The molecule has 4 heteroatoms. The Balaban J connectivity index is 1.59. The Morgan fingerprint density at radius 2 is 1.81 bits per heavy atom. The van der Waals surface area contributed by atoms with Crippen molar-refractivity contribution in [3.05, 3.63) is 64.7 Å². The van der Waals surface area contributed by atoms with E-state index in [1.807, 2.05) is 17.5 Å². The van der Waals surface area contributed by atoms with Crippen LogP contribution in [-0.2, 0) is 6.54 Å². The molecule has 0 amide bonds. The molecule has 0 N–H and O–H groups in total. The molecule has 2 aromatic carbocycles. The summed E-state index contributed by atoms with van der Waals surface area (Å²) in [4.78, 5) is 10.9. The fourth-order valence-corrected chi connectivity index (χ4v) is 4.46. The van der Waals surface area contributed by atoms with Crippen molar-refractivity contribution >= 4 is 22.7 Å². The number of aromatic nitrogens is 1. The molecule has 4 rings (SSSR count). The highest BCUT2D eigenvalue weighted by Crippen LogP contribution is 2.34. The Bertz CT molecular complexity index is 915. The van der Waals surface area contributed by atoms with Crippen LogP contribution in [0.25, 0.3) is 10.6 Å². The molecular weight excluding hydrogens is 338 g/mol. The highest BCUT2D eigenvalue weighted by Gasteiger charge is 2.19. The summed E-state index contributed by atoms with van der Waals surface area (Å²) in [6, 6.07) is 15.3. The van der Waals surface area contributed by atoms with Crippen LogP contribution in [0, 0.1) is 13.8 Å². The summed E-state index contributed by atoms with van der Waals surface area (Å²) in [7, 11) is 2.19. The second-order valence-electron chi connectivity index (χ2n) is 7.12. The lowest BCUT2D eigenvalue weighted by molar-refractivity contribution is 0.747. The fraction of sp³-hybridized carbons (Fsp3) is 0.318. The van der Waals surface area contributed by atoms with Gasteiger partial charge in [0.1, 0.15) is 5.01 Å². The van der Waals surface area contributed by atoms with Gasteiger partial charge < -0.3 is 9.80 Å². The number of benzene rings is 2. The van der Waals surface area contributed by atoms with Crippen LogP contribution in [0.1, 0.15) is 22.4 Å². The standard InChI is InChI=1S/C22H25N3S/c1-16-9-10-18(13-17(16)2)22-23-14-19(26-22)15-25-12-6-11-24(3)20-7-4-5-8-21(20)25/h4-5,7-10,13-14H,6,11-12,15H2,1-3H3. The predicted molar refractivity (Wildman–Crippen MR) is 112 cm³/mol. The molecule has 0 bridgehead atoms. The third-order valence-corrected chi connectivity index (χ3v) is 6.24. The number of aryl methyl sites for hydroxylation is 2. The molecule has 0 unspecified atom stereocenters. The van der Waals surface area contributed by atoms with Gasteiger partial charge in [-0.3, -0.25) is 0 Å². The molecule has 2 heterocycles. The third kappa shape index (κ3) is 3.34. The summed E-state index contributed by atoms with van der Waals surface area (Å²) in [5.74, 6) is 0. The minimum atomic E-state index is 0.924. The molecule has 0 saturated carbocycles. The van der Waals surface area contributed by atoms with E-state index in [1.165, 1.54) is 39.4 Å². The summed E-state index contributed by atoms with van der Waals surface area (Å²) in [6.07, 6.45) is 3.22. The lowest BCUT2D eigenvalue weighted by Crippen LogP contribution is -2.22. The first-order valence-electron chi connectivity index (χ1n) is 9.19. The van der Waals surface area contributed by atoms with Crippen LogP contribution in [0.3, 0.4) is 0 Å². The molecule has 0 saturated heterocycles. The molecule has 134 valence electrons. The van der Waals surface area contributed by atoms with Crippen molar-refractivity contribution in [2.24, 2.45) is 0 Å². The largest absolute Gasteiger partial charge is 0.373 e. The Morgan fingerprint density at radius 1 is 1.00 bits per heavy atom. The monoisotopic (exact) mass is 363 g/mol. The van der Waals surface area contributed by atoms with Crippen molar-refractivity contribution in [3.8, 4) is 10.6 Å². The number of fused-ring (bicyclic) bond motifs is 1. The Labute approximate surface area is 159 Å². The number of hydrogen-bond donors (Lipinski definition) is 0. The number of hydrogen-bond acceptors (Lipinski definition) is 4. The van der Waals surface area contributed by atoms with Crippen molar-refractivity contribution in [3.63, 3.8) is 0 Å². The number of nitrogens with zero attached hydrogens (tertiary/aromatic N) is 3. The smallest absolute Gasteiger partial charge is 0.123 e. The van der Waals surface area contributed by atoms with Gasteiger partial charge >= 0.3 is 0 Å². The first-order chi connectivity index (χ1) is 12.6. The molecule has 1 aromatic heterocycles. The summed E-state index contributed by atoms with van der Waals surface area (Å²) in [5, 5.41) is 1.11. The SMILES string of the molecule is Cc1ccc(-c2ncc(CN3CCCN(C)c4ccccc43)s2)cc1C. The van der Waals surface area contributed by atoms with Crippen LogP contribution in [0.2, 0.25) is 0 Å². The predicted octanol–water partition coefficient (Wildman–Crippen LogP) is 5.27. The molecule has 0 atom stereocenters. The number of para-hydroxylation sites is 2. The van der Waals surface area contributed by atoms with Gasteiger partial charge in [-0.25, -0.2) is 4.98 Å². The highest BCUT2D eigenvalue weighted by molar-refractivity contribution is 7.15. The van der Waals surface area contributed by atoms with E-state index < -0.39 is 0 Å². The Hall–Kier alpha value is -2.33. The van der Waals surface area contributed by atoms with Crippen LogP contribution in [0.15, 0.2) is 48.7 Å². The fourth-order valence-electron chi connectivity index (χ4n) is 3.53. The minimum Gasteiger partial charge on any atom is -0.373 e. The van der Waals surface area contributed by atoms with E-state index in [-0.39, 0.29) is 0 Å². The van der Waals surface area contributed by atoms with Crippen molar-refractivity contribution in [1.82, 2.24) is 4.98 Å². The zero-order valence-electron chi connectivity index (χ0n) is 15.7. The van der Waals surface area contributed by atoms with Gasteiger partial charge in [0.25, 0.3) is 0 Å². The van der Waals surface area contributed by atoms with Crippen molar-refractivity contribution < 1.29 is 0 Å². The second kappa shape index (κ2) is 7.12. The lowest BCUT2D eigenvalue weighted by atomic mass is 10.1. The summed E-state index contributed by atoms with van der Waals surface area (Å²) in [6.45, 7) is 7.42. The molecule has 1 aliphatic heterocycles. The van der Waals surface area contributed by atoms with Gasteiger partial charge in [-0.05, 0) is 49.6 Å². The topological polar surface area (TPSA) is 19.4 Å². The van der Waals surface area contributed by atoms with E-state index in [0.29, 0.717) is 0 Å². The maximum atomic E-state index is 4.70. The number of thiazole rings is 1. The molecule has 0 aliphatic carbocycles. The van der Waals surface area contributed by atoms with E-state index in [2.05, 4.69) is 73.2 Å². The zero-order chi connectivity index (χ0) is 18.1. The molecule has 0 fully saturated rings. The second-order valence-corrected chi connectivity index (χ2v) is 8.23. The van der Waals surface area contributed by atoms with E-state index in [1.54, 1.807) is 0 Å². The van der Waals surface area contributed by atoms with Crippen molar-refractivity contribution in [1.29, 1.82) is 0 Å². The van der Waals surface area contributed by atoms with Crippen LogP contribution < -0.4 is 9.80 Å². The summed E-state index contributed by atoms with van der Waals surface area (Å²) < 4.78 is 0. The first-order valence-corrected chi connectivity index (χ1v) is 10.0. The maximum Gasteiger partial charge on any atom is 0.123 e. The van der Waals surface area contributed by atoms with Crippen molar-refractivity contribution in [2.45, 2.75) is 26.8 Å². The summed E-state index contributed by atoms with van der Waals surface area (Å²) in [5.41, 5.74) is 6.53. The van der Waals surface area contributed by atoms with Crippen LogP contribution in [-0.4, -0.2) is 25.1 Å². The Kier molecular flexibility index (Phi) is 4.68. The molecule has 3 aromatic rings. The van der Waals surface area contributed by atoms with E-state index >= 15 is 0 Å². The molecule has 1 aliphatic rings. The lowest BCUT2D eigenvalue weighted by Gasteiger charge is -2.25. The zero-order valence-corrected chi connectivity index (χ0v) is 16.5. The van der Waals surface area contributed by atoms with Gasteiger partial charge in [0.2, 0.25) is 0 Å². The van der Waals surface area contributed by atoms with Gasteiger partial charge in [-0.15, -0.1) is 11.3 Å². The molecule has 0 radical (unpaired) electrons. The third-order valence-electron chi connectivity index (χ3n) is 5.21. The Morgan fingerprint density at radius 3 is 2.62 bits per heavy atom. The number of rotatable bonds is 3. The van der Waals surface area contributed by atoms with Crippen LogP contribution >= 0.6 is 11.3 Å². The van der Waals surface area contributed by atoms with Gasteiger partial charge in [-0.1, -0.05) is 24.3 Å². The first kappa shape index (κ1) is 17.1. The summed E-state index contributed by atoms with van der Waals surface area (Å²) >= 11 is 1.81. The van der Waals surface area contributed by atoms with E-state index in [0.717, 1.165) is 24.6 Å². The van der Waals surface area contributed by atoms with Crippen LogP contribution in [0.5, 0.6) is 0 Å². The minimum absolute atomic E-state index is 0.924. The number of anilines is 2. The molecular formula is C22H25N3S. The molecule has 0 spiro atoms.